The molecule has 1 saturated heterocycles. The Morgan fingerprint density at radius 3 is 2.48 bits per heavy atom. The first-order chi connectivity index (χ1) is 14.2. The number of para-hydroxylation sites is 1. The van der Waals surface area contributed by atoms with Crippen LogP contribution in [-0.2, 0) is 0 Å². The highest BCUT2D eigenvalue weighted by molar-refractivity contribution is 5.96. The zero-order valence-corrected chi connectivity index (χ0v) is 17.5. The van der Waals surface area contributed by atoms with Crippen LogP contribution in [0.5, 0.6) is 11.5 Å². The van der Waals surface area contributed by atoms with Crippen molar-refractivity contribution in [3.8, 4) is 11.5 Å². The number of benzene rings is 2. The summed E-state index contributed by atoms with van der Waals surface area (Å²) in [5.41, 5.74) is 1.79. The van der Waals surface area contributed by atoms with Crippen molar-refractivity contribution in [2.45, 2.75) is 38.6 Å². The molecule has 5 heteroatoms. The predicted molar refractivity (Wildman–Crippen MR) is 116 cm³/mol. The summed E-state index contributed by atoms with van der Waals surface area (Å²) in [6, 6.07) is 15.8. The second-order valence-corrected chi connectivity index (χ2v) is 7.44. The summed E-state index contributed by atoms with van der Waals surface area (Å²) in [4.78, 5) is 15.4. The first-order valence-electron chi connectivity index (χ1n) is 10.6. The molecule has 156 valence electrons. The average molecular weight is 397 g/mol. The number of likely N-dealkylation sites (tertiary alicyclic amines) is 1. The number of methoxy groups -OCH3 is 1. The molecule has 3 rings (SSSR count). The molecule has 2 aromatic carbocycles. The van der Waals surface area contributed by atoms with Gasteiger partial charge in [0.15, 0.2) is 0 Å². The van der Waals surface area contributed by atoms with Gasteiger partial charge in [-0.3, -0.25) is 9.69 Å². The lowest BCUT2D eigenvalue weighted by Gasteiger charge is -2.35. The van der Waals surface area contributed by atoms with Crippen LogP contribution in [0.2, 0.25) is 0 Å². The third kappa shape index (κ3) is 5.73. The minimum absolute atomic E-state index is 0.0905. The molecule has 1 aliphatic heterocycles. The van der Waals surface area contributed by atoms with E-state index in [0.29, 0.717) is 24.5 Å². The third-order valence-electron chi connectivity index (χ3n) is 5.38. The molecule has 0 saturated carbocycles. The number of piperidine rings is 1. The number of hydrogen-bond acceptors (Lipinski definition) is 4. The number of hydrogen-bond donors (Lipinski definition) is 1. The molecule has 1 heterocycles. The first kappa shape index (κ1) is 21.2. The van der Waals surface area contributed by atoms with Crippen molar-refractivity contribution < 1.29 is 14.3 Å². The third-order valence-corrected chi connectivity index (χ3v) is 5.38. The van der Waals surface area contributed by atoms with E-state index in [4.69, 9.17) is 9.47 Å². The lowest BCUT2D eigenvalue weighted by molar-refractivity contribution is 0.0920. The van der Waals surface area contributed by atoms with Crippen LogP contribution in [0.4, 0.5) is 0 Å². The van der Waals surface area contributed by atoms with E-state index >= 15 is 0 Å². The van der Waals surface area contributed by atoms with E-state index in [0.717, 1.165) is 25.3 Å². The van der Waals surface area contributed by atoms with E-state index in [-0.39, 0.29) is 11.9 Å². The van der Waals surface area contributed by atoms with Gasteiger partial charge in [0, 0.05) is 6.54 Å². The van der Waals surface area contributed by atoms with Crippen LogP contribution in [0.25, 0.3) is 0 Å². The molecule has 0 spiro atoms. The number of amides is 1. The molecule has 0 unspecified atom stereocenters. The quantitative estimate of drug-likeness (QED) is 0.681. The molecular weight excluding hydrogens is 364 g/mol. The number of nitrogens with one attached hydrogen (secondary N) is 1. The Bertz CT molecular complexity index is 770. The van der Waals surface area contributed by atoms with Crippen molar-refractivity contribution in [3.05, 3.63) is 59.7 Å². The summed E-state index contributed by atoms with van der Waals surface area (Å²) in [7, 11) is 1.68. The molecule has 1 aliphatic rings. The summed E-state index contributed by atoms with van der Waals surface area (Å²) in [5.74, 6) is 1.40. The summed E-state index contributed by atoms with van der Waals surface area (Å²) in [6.45, 7) is 5.34. The normalized spacial score (nSPS) is 15.5. The largest absolute Gasteiger partial charge is 0.497 e. The van der Waals surface area contributed by atoms with Crippen LogP contribution in [0.3, 0.4) is 0 Å². The van der Waals surface area contributed by atoms with E-state index in [1.54, 1.807) is 7.11 Å². The molecule has 0 bridgehead atoms. The Morgan fingerprint density at radius 2 is 1.79 bits per heavy atom. The van der Waals surface area contributed by atoms with Crippen molar-refractivity contribution in [1.29, 1.82) is 0 Å². The number of nitrogens with zero attached hydrogens (tertiary/aromatic N) is 1. The topological polar surface area (TPSA) is 50.8 Å². The van der Waals surface area contributed by atoms with E-state index in [1.807, 2.05) is 36.4 Å². The van der Waals surface area contributed by atoms with Crippen LogP contribution in [0.15, 0.2) is 48.5 Å². The van der Waals surface area contributed by atoms with Gasteiger partial charge in [0.2, 0.25) is 0 Å². The summed E-state index contributed by atoms with van der Waals surface area (Å²) in [5, 5.41) is 3.15. The number of rotatable bonds is 9. The van der Waals surface area contributed by atoms with Crippen LogP contribution in [0, 0.1) is 0 Å². The van der Waals surface area contributed by atoms with Crippen LogP contribution in [-0.4, -0.2) is 44.2 Å². The fourth-order valence-corrected chi connectivity index (χ4v) is 3.79. The highest BCUT2D eigenvalue weighted by Gasteiger charge is 2.23. The minimum Gasteiger partial charge on any atom is -0.497 e. The van der Waals surface area contributed by atoms with Gasteiger partial charge in [-0.05, 0) is 62.2 Å². The van der Waals surface area contributed by atoms with Crippen molar-refractivity contribution >= 4 is 5.91 Å². The molecule has 1 fully saturated rings. The molecule has 1 atom stereocenters. The van der Waals surface area contributed by atoms with Crippen LogP contribution >= 0.6 is 0 Å². The first-order valence-corrected chi connectivity index (χ1v) is 10.6. The molecule has 29 heavy (non-hydrogen) atoms. The van der Waals surface area contributed by atoms with Gasteiger partial charge in [0.05, 0.1) is 25.3 Å². The van der Waals surface area contributed by atoms with Crippen LogP contribution in [0.1, 0.15) is 54.6 Å². The lowest BCUT2D eigenvalue weighted by atomic mass is 10.0. The van der Waals surface area contributed by atoms with Gasteiger partial charge in [0.25, 0.3) is 5.91 Å². The van der Waals surface area contributed by atoms with Gasteiger partial charge in [0.1, 0.15) is 11.5 Å². The lowest BCUT2D eigenvalue weighted by Crippen LogP contribution is -2.40. The van der Waals surface area contributed by atoms with E-state index in [1.165, 1.54) is 24.8 Å². The van der Waals surface area contributed by atoms with Gasteiger partial charge in [-0.25, -0.2) is 0 Å². The van der Waals surface area contributed by atoms with Gasteiger partial charge in [-0.15, -0.1) is 0 Å². The van der Waals surface area contributed by atoms with E-state index in [2.05, 4.69) is 29.3 Å². The van der Waals surface area contributed by atoms with Crippen LogP contribution < -0.4 is 14.8 Å². The Hall–Kier alpha value is -2.53. The Labute approximate surface area is 174 Å². The van der Waals surface area contributed by atoms with E-state index < -0.39 is 0 Å². The smallest absolute Gasteiger partial charge is 0.255 e. The standard InChI is InChI=1S/C24H32N2O3/c1-3-17-29-23-10-6-5-9-21(23)24(27)25-18-22(26-15-7-4-8-16-26)19-11-13-20(28-2)14-12-19/h5-6,9-14,22H,3-4,7-8,15-18H2,1-2H3,(H,25,27)/t22-/m0/s1. The zero-order chi connectivity index (χ0) is 20.5. The van der Waals surface area contributed by atoms with Gasteiger partial charge in [-0.1, -0.05) is 37.6 Å². The molecule has 1 amide bonds. The molecule has 0 aromatic heterocycles. The average Bonchev–Trinajstić information content (AvgIpc) is 2.79. The van der Waals surface area contributed by atoms with Gasteiger partial charge < -0.3 is 14.8 Å². The fraction of sp³-hybridized carbons (Fsp3) is 0.458. The Morgan fingerprint density at radius 1 is 1.07 bits per heavy atom. The molecule has 0 radical (unpaired) electrons. The van der Waals surface area contributed by atoms with E-state index in [9.17, 15) is 4.79 Å². The highest BCUT2D eigenvalue weighted by atomic mass is 16.5. The maximum absolute atomic E-state index is 12.9. The highest BCUT2D eigenvalue weighted by Crippen LogP contribution is 2.26. The monoisotopic (exact) mass is 396 g/mol. The van der Waals surface area contributed by atoms with Crippen molar-refractivity contribution in [3.63, 3.8) is 0 Å². The van der Waals surface area contributed by atoms with Gasteiger partial charge >= 0.3 is 0 Å². The number of carbonyl (C=O) groups is 1. The maximum atomic E-state index is 12.9. The molecule has 2 aromatic rings. The summed E-state index contributed by atoms with van der Waals surface area (Å²) in [6.07, 6.45) is 4.59. The molecule has 1 N–H and O–H groups in total. The molecular formula is C24H32N2O3. The fourth-order valence-electron chi connectivity index (χ4n) is 3.79. The van der Waals surface area contributed by atoms with Crippen molar-refractivity contribution in [2.24, 2.45) is 0 Å². The van der Waals surface area contributed by atoms with Crippen molar-refractivity contribution in [2.75, 3.05) is 33.4 Å². The minimum atomic E-state index is -0.0905. The number of ether oxygens (including phenoxy) is 2. The second kappa shape index (κ2) is 10.9. The predicted octanol–water partition coefficient (Wildman–Crippen LogP) is 4.44. The second-order valence-electron chi connectivity index (χ2n) is 7.44. The zero-order valence-electron chi connectivity index (χ0n) is 17.5. The molecule has 5 nitrogen and oxygen atoms in total. The summed E-state index contributed by atoms with van der Waals surface area (Å²) >= 11 is 0. The molecule has 0 aliphatic carbocycles. The Balaban J connectivity index is 1.73. The van der Waals surface area contributed by atoms with Gasteiger partial charge in [-0.2, -0.15) is 0 Å². The number of carbonyl (C=O) groups excluding carboxylic acids is 1. The Kier molecular flexibility index (Phi) is 7.94. The SMILES string of the molecule is CCCOc1ccccc1C(=O)NC[C@@H](c1ccc(OC)cc1)N1CCCCC1. The summed E-state index contributed by atoms with van der Waals surface area (Å²) < 4.78 is 11.1. The van der Waals surface area contributed by atoms with Crippen molar-refractivity contribution in [1.82, 2.24) is 10.2 Å². The maximum Gasteiger partial charge on any atom is 0.255 e.